The highest BCUT2D eigenvalue weighted by Crippen LogP contribution is 2.05. The van der Waals surface area contributed by atoms with E-state index >= 15 is 0 Å². The number of hydrogen-bond donors (Lipinski definition) is 1. The number of rotatable bonds is 6. The molecule has 0 saturated heterocycles. The maximum atomic E-state index is 11.8. The van der Waals surface area contributed by atoms with Gasteiger partial charge >= 0.3 is 0 Å². The highest BCUT2D eigenvalue weighted by Gasteiger charge is 2.12. The summed E-state index contributed by atoms with van der Waals surface area (Å²) in [4.78, 5) is 23.2. The SMILES string of the molecule is CCC(=O)c1ccn(CC(=O)NC(C)C(C)C)c1. The van der Waals surface area contributed by atoms with Gasteiger partial charge in [0.1, 0.15) is 6.54 Å². The Balaban J connectivity index is 2.55. The Morgan fingerprint density at radius 3 is 2.56 bits per heavy atom. The number of Topliss-reactive ketones (excluding diaryl/α,β-unsaturated/α-hetero) is 1. The van der Waals surface area contributed by atoms with E-state index in [4.69, 9.17) is 0 Å². The molecule has 0 spiro atoms. The number of carbonyl (C=O) groups excluding carboxylic acids is 2. The van der Waals surface area contributed by atoms with Gasteiger partial charge in [0, 0.05) is 30.4 Å². The molecule has 1 amide bonds. The van der Waals surface area contributed by atoms with E-state index in [1.165, 1.54) is 0 Å². The van der Waals surface area contributed by atoms with Gasteiger partial charge in [-0.05, 0) is 18.9 Å². The normalized spacial score (nSPS) is 12.5. The van der Waals surface area contributed by atoms with Gasteiger partial charge in [-0.15, -0.1) is 0 Å². The molecule has 0 radical (unpaired) electrons. The molecule has 0 aromatic carbocycles. The molecule has 1 rings (SSSR count). The molecule has 0 aliphatic carbocycles. The topological polar surface area (TPSA) is 51.1 Å². The average molecular weight is 250 g/mol. The molecule has 1 N–H and O–H groups in total. The van der Waals surface area contributed by atoms with Gasteiger partial charge in [-0.3, -0.25) is 9.59 Å². The Hall–Kier alpha value is -1.58. The summed E-state index contributed by atoms with van der Waals surface area (Å²) in [6.07, 6.45) is 3.98. The van der Waals surface area contributed by atoms with Crippen molar-refractivity contribution in [3.63, 3.8) is 0 Å². The summed E-state index contributed by atoms with van der Waals surface area (Å²) in [5.74, 6) is 0.489. The zero-order chi connectivity index (χ0) is 13.7. The number of amides is 1. The third kappa shape index (κ3) is 4.02. The van der Waals surface area contributed by atoms with Gasteiger partial charge in [-0.2, -0.15) is 0 Å². The third-order valence-electron chi connectivity index (χ3n) is 3.11. The van der Waals surface area contributed by atoms with E-state index < -0.39 is 0 Å². The number of aromatic nitrogens is 1. The molecule has 0 fully saturated rings. The number of ketones is 1. The lowest BCUT2D eigenvalue weighted by Crippen LogP contribution is -2.37. The molecule has 100 valence electrons. The van der Waals surface area contributed by atoms with Crippen molar-refractivity contribution < 1.29 is 9.59 Å². The van der Waals surface area contributed by atoms with Gasteiger partial charge in [0.05, 0.1) is 0 Å². The van der Waals surface area contributed by atoms with Crippen LogP contribution in [0, 0.1) is 5.92 Å². The van der Waals surface area contributed by atoms with Crippen LogP contribution in [-0.4, -0.2) is 22.3 Å². The lowest BCUT2D eigenvalue weighted by Gasteiger charge is -2.17. The van der Waals surface area contributed by atoms with Crippen LogP contribution in [0.15, 0.2) is 18.5 Å². The van der Waals surface area contributed by atoms with Crippen molar-refractivity contribution in [1.82, 2.24) is 9.88 Å². The first-order valence-electron chi connectivity index (χ1n) is 6.42. The molecular weight excluding hydrogens is 228 g/mol. The van der Waals surface area contributed by atoms with Gasteiger partial charge in [-0.25, -0.2) is 0 Å². The summed E-state index contributed by atoms with van der Waals surface area (Å²) < 4.78 is 1.74. The van der Waals surface area contributed by atoms with Crippen LogP contribution in [0.1, 0.15) is 44.5 Å². The van der Waals surface area contributed by atoms with Gasteiger partial charge in [0.15, 0.2) is 5.78 Å². The van der Waals surface area contributed by atoms with Crippen molar-refractivity contribution in [1.29, 1.82) is 0 Å². The molecule has 1 heterocycles. The quantitative estimate of drug-likeness (QED) is 0.787. The minimum absolute atomic E-state index is 0.0257. The highest BCUT2D eigenvalue weighted by molar-refractivity contribution is 5.95. The molecule has 1 unspecified atom stereocenters. The number of hydrogen-bond acceptors (Lipinski definition) is 2. The summed E-state index contributed by atoms with van der Waals surface area (Å²) in [5, 5.41) is 2.94. The van der Waals surface area contributed by atoms with Gasteiger partial charge in [0.2, 0.25) is 5.91 Å². The van der Waals surface area contributed by atoms with Crippen molar-refractivity contribution in [2.24, 2.45) is 5.92 Å². The lowest BCUT2D eigenvalue weighted by atomic mass is 10.1. The maximum Gasteiger partial charge on any atom is 0.240 e. The number of carbonyl (C=O) groups is 2. The van der Waals surface area contributed by atoms with Crippen molar-refractivity contribution >= 4 is 11.7 Å². The molecule has 1 aromatic rings. The van der Waals surface area contributed by atoms with E-state index in [1.54, 1.807) is 23.0 Å². The second-order valence-electron chi connectivity index (χ2n) is 4.95. The largest absolute Gasteiger partial charge is 0.352 e. The summed E-state index contributed by atoms with van der Waals surface area (Å²) in [7, 11) is 0. The van der Waals surface area contributed by atoms with E-state index in [9.17, 15) is 9.59 Å². The summed E-state index contributed by atoms with van der Waals surface area (Å²) in [6, 6.07) is 1.91. The molecule has 4 heteroatoms. The van der Waals surface area contributed by atoms with E-state index in [0.29, 0.717) is 17.9 Å². The van der Waals surface area contributed by atoms with E-state index in [0.717, 1.165) is 0 Å². The first-order chi connectivity index (χ1) is 8.43. The van der Waals surface area contributed by atoms with E-state index in [-0.39, 0.29) is 24.3 Å². The van der Waals surface area contributed by atoms with Crippen molar-refractivity contribution in [3.8, 4) is 0 Å². The Bertz CT molecular complexity index is 421. The Labute approximate surface area is 108 Å². The van der Waals surface area contributed by atoms with Crippen molar-refractivity contribution in [3.05, 3.63) is 24.0 Å². The molecule has 4 nitrogen and oxygen atoms in total. The second kappa shape index (κ2) is 6.38. The van der Waals surface area contributed by atoms with Crippen molar-refractivity contribution in [2.45, 2.75) is 46.7 Å². The van der Waals surface area contributed by atoms with Crippen LogP contribution < -0.4 is 5.32 Å². The lowest BCUT2D eigenvalue weighted by molar-refractivity contribution is -0.122. The Morgan fingerprint density at radius 2 is 2.00 bits per heavy atom. The second-order valence-corrected chi connectivity index (χ2v) is 4.95. The fourth-order valence-corrected chi connectivity index (χ4v) is 1.54. The summed E-state index contributed by atoms with van der Waals surface area (Å²) in [6.45, 7) is 8.21. The van der Waals surface area contributed by atoms with Crippen LogP contribution in [0.25, 0.3) is 0 Å². The average Bonchev–Trinajstić information content (AvgIpc) is 2.76. The summed E-state index contributed by atoms with van der Waals surface area (Å²) >= 11 is 0. The van der Waals surface area contributed by atoms with Crippen molar-refractivity contribution in [2.75, 3.05) is 0 Å². The minimum Gasteiger partial charge on any atom is -0.352 e. The zero-order valence-electron chi connectivity index (χ0n) is 11.6. The molecule has 1 atom stereocenters. The van der Waals surface area contributed by atoms with Crippen LogP contribution in [-0.2, 0) is 11.3 Å². The fourth-order valence-electron chi connectivity index (χ4n) is 1.54. The predicted molar refractivity (Wildman–Crippen MR) is 71.5 cm³/mol. The van der Waals surface area contributed by atoms with E-state index in [2.05, 4.69) is 19.2 Å². The van der Waals surface area contributed by atoms with Crippen LogP contribution >= 0.6 is 0 Å². The Morgan fingerprint density at radius 1 is 1.33 bits per heavy atom. The predicted octanol–water partition coefficient (Wildman–Crippen LogP) is 2.24. The molecule has 0 bridgehead atoms. The van der Waals surface area contributed by atoms with E-state index in [1.807, 2.05) is 13.8 Å². The van der Waals surface area contributed by atoms with Crippen LogP contribution in [0.4, 0.5) is 0 Å². The van der Waals surface area contributed by atoms with Gasteiger partial charge in [0.25, 0.3) is 0 Å². The fraction of sp³-hybridized carbons (Fsp3) is 0.571. The van der Waals surface area contributed by atoms with Gasteiger partial charge in [-0.1, -0.05) is 20.8 Å². The van der Waals surface area contributed by atoms with Gasteiger partial charge < -0.3 is 9.88 Å². The number of nitrogens with one attached hydrogen (secondary N) is 1. The summed E-state index contributed by atoms with van der Waals surface area (Å²) in [5.41, 5.74) is 0.669. The zero-order valence-corrected chi connectivity index (χ0v) is 11.6. The Kier molecular flexibility index (Phi) is 5.13. The monoisotopic (exact) mass is 250 g/mol. The first-order valence-corrected chi connectivity index (χ1v) is 6.42. The third-order valence-corrected chi connectivity index (χ3v) is 3.11. The molecule has 1 aromatic heterocycles. The molecule has 0 saturated carbocycles. The highest BCUT2D eigenvalue weighted by atomic mass is 16.2. The van der Waals surface area contributed by atoms with Crippen LogP contribution in [0.2, 0.25) is 0 Å². The maximum absolute atomic E-state index is 11.8. The van der Waals surface area contributed by atoms with Crippen LogP contribution in [0.3, 0.4) is 0 Å². The van der Waals surface area contributed by atoms with Crippen LogP contribution in [0.5, 0.6) is 0 Å². The molecule has 0 aliphatic heterocycles. The molecule has 0 aliphatic rings. The first kappa shape index (κ1) is 14.5. The number of nitrogens with zero attached hydrogens (tertiary/aromatic N) is 1. The molecular formula is C14H22N2O2. The molecule has 18 heavy (non-hydrogen) atoms. The minimum atomic E-state index is -0.0257. The smallest absolute Gasteiger partial charge is 0.240 e. The standard InChI is InChI=1S/C14H22N2O2/c1-5-13(17)12-6-7-16(8-12)9-14(18)15-11(4)10(2)3/h6-8,10-11H,5,9H2,1-4H3,(H,15,18).